The van der Waals surface area contributed by atoms with Crippen molar-refractivity contribution in [1.82, 2.24) is 0 Å². The third-order valence-corrected chi connectivity index (χ3v) is 14.7. The zero-order valence-corrected chi connectivity index (χ0v) is 36.7. The number of hydrogen-bond acceptors (Lipinski definition) is 2. The first-order chi connectivity index (χ1) is 31.6. The van der Waals surface area contributed by atoms with Crippen molar-refractivity contribution in [2.45, 2.75) is 25.2 Å². The van der Waals surface area contributed by atoms with Crippen LogP contribution in [0.4, 0.5) is 17.1 Å². The van der Waals surface area contributed by atoms with Gasteiger partial charge in [-0.15, -0.1) is 11.3 Å². The molecule has 0 radical (unpaired) electrons. The number of benzene rings is 10. The summed E-state index contributed by atoms with van der Waals surface area (Å²) in [6, 6.07) is 85.8. The molecule has 0 amide bonds. The molecule has 0 aliphatic heterocycles. The third kappa shape index (κ3) is 5.98. The van der Waals surface area contributed by atoms with Gasteiger partial charge < -0.3 is 4.90 Å². The molecule has 1 aromatic heterocycles. The Bertz CT molecular complexity index is 3470. The van der Waals surface area contributed by atoms with E-state index in [2.05, 4.69) is 249 Å². The van der Waals surface area contributed by atoms with E-state index in [4.69, 9.17) is 0 Å². The highest BCUT2D eigenvalue weighted by atomic mass is 32.1. The van der Waals surface area contributed by atoms with E-state index in [0.29, 0.717) is 5.92 Å². The van der Waals surface area contributed by atoms with Gasteiger partial charge in [-0.05, 0) is 126 Å². The zero-order valence-electron chi connectivity index (χ0n) is 35.9. The maximum Gasteiger partial charge on any atom is 0.0714 e. The average molecular weight is 836 g/mol. The monoisotopic (exact) mass is 835 g/mol. The Morgan fingerprint density at radius 2 is 0.984 bits per heavy atom. The van der Waals surface area contributed by atoms with Crippen molar-refractivity contribution in [3.05, 3.63) is 258 Å². The van der Waals surface area contributed by atoms with Crippen LogP contribution in [0.15, 0.2) is 231 Å². The van der Waals surface area contributed by atoms with E-state index in [-0.39, 0.29) is 0 Å². The highest BCUT2D eigenvalue weighted by Crippen LogP contribution is 2.59. The Morgan fingerprint density at radius 1 is 0.391 bits per heavy atom. The molecule has 0 N–H and O–H groups in total. The minimum absolute atomic E-state index is 0.358. The van der Waals surface area contributed by atoms with E-state index in [9.17, 15) is 0 Å². The number of anilines is 3. The second kappa shape index (κ2) is 15.4. The fourth-order valence-corrected chi connectivity index (χ4v) is 11.8. The van der Waals surface area contributed by atoms with Crippen molar-refractivity contribution in [3.63, 3.8) is 0 Å². The molecule has 1 nitrogen and oxygen atoms in total. The van der Waals surface area contributed by atoms with Crippen molar-refractivity contribution in [2.24, 2.45) is 0 Å². The van der Waals surface area contributed by atoms with Crippen molar-refractivity contribution in [1.29, 1.82) is 0 Å². The summed E-state index contributed by atoms with van der Waals surface area (Å²) in [5, 5.41) is 5.07. The molecule has 64 heavy (non-hydrogen) atoms. The number of hydrogen-bond donors (Lipinski definition) is 0. The molecule has 11 aromatic rings. The topological polar surface area (TPSA) is 3.24 Å². The molecule has 0 atom stereocenters. The lowest BCUT2D eigenvalue weighted by molar-refractivity contribution is 0.765. The summed E-state index contributed by atoms with van der Waals surface area (Å²) >= 11 is 1.86. The first-order valence-corrected chi connectivity index (χ1v) is 23.2. The molecule has 0 spiro atoms. The van der Waals surface area contributed by atoms with E-state index in [1.165, 1.54) is 92.1 Å². The van der Waals surface area contributed by atoms with E-state index in [1.807, 2.05) is 11.3 Å². The lowest BCUT2D eigenvalue weighted by Gasteiger charge is -2.35. The molecule has 10 aromatic carbocycles. The van der Waals surface area contributed by atoms with Gasteiger partial charge in [0.05, 0.1) is 5.41 Å². The second-order valence-corrected chi connectivity index (χ2v) is 18.5. The molecule has 0 fully saturated rings. The summed E-state index contributed by atoms with van der Waals surface area (Å²) in [6.45, 7) is 4.65. The quantitative estimate of drug-likeness (QED) is 0.147. The molecule has 1 aliphatic carbocycles. The van der Waals surface area contributed by atoms with Crippen molar-refractivity contribution in [3.8, 4) is 33.4 Å². The fourth-order valence-electron chi connectivity index (χ4n) is 10.7. The van der Waals surface area contributed by atoms with Gasteiger partial charge >= 0.3 is 0 Å². The van der Waals surface area contributed by atoms with E-state index in [0.717, 1.165) is 17.1 Å². The number of nitrogens with zero attached hydrogens (tertiary/aromatic N) is 1. The van der Waals surface area contributed by atoms with Crippen LogP contribution < -0.4 is 4.90 Å². The Morgan fingerprint density at radius 3 is 1.72 bits per heavy atom. The van der Waals surface area contributed by atoms with Gasteiger partial charge in [0.2, 0.25) is 0 Å². The van der Waals surface area contributed by atoms with Gasteiger partial charge in [-0.25, -0.2) is 0 Å². The molecule has 0 saturated carbocycles. The molecular weight excluding hydrogens is 791 g/mol. The van der Waals surface area contributed by atoms with E-state index >= 15 is 0 Å². The molecule has 12 rings (SSSR count). The van der Waals surface area contributed by atoms with Crippen LogP contribution in [0.5, 0.6) is 0 Å². The van der Waals surface area contributed by atoms with Crippen LogP contribution in [-0.4, -0.2) is 0 Å². The average Bonchev–Trinajstić information content (AvgIpc) is 3.88. The molecule has 304 valence electrons. The maximum absolute atomic E-state index is 2.50. The largest absolute Gasteiger partial charge is 0.310 e. The van der Waals surface area contributed by atoms with Gasteiger partial charge in [0.1, 0.15) is 0 Å². The van der Waals surface area contributed by atoms with Crippen LogP contribution in [0.3, 0.4) is 0 Å². The Kier molecular flexibility index (Phi) is 9.17. The Balaban J connectivity index is 1.10. The summed E-state index contributed by atoms with van der Waals surface area (Å²) in [4.78, 5) is 2.47. The van der Waals surface area contributed by atoms with Crippen LogP contribution in [0.2, 0.25) is 0 Å². The summed E-state index contributed by atoms with van der Waals surface area (Å²) in [6.07, 6.45) is 0. The van der Waals surface area contributed by atoms with Crippen molar-refractivity contribution >= 4 is 59.3 Å². The normalized spacial score (nSPS) is 12.8. The summed E-state index contributed by atoms with van der Waals surface area (Å²) in [5.74, 6) is 0.358. The van der Waals surface area contributed by atoms with Crippen molar-refractivity contribution < 1.29 is 0 Å². The van der Waals surface area contributed by atoms with Crippen LogP contribution in [0.25, 0.3) is 64.3 Å². The fraction of sp³-hybridized carbons (Fsp3) is 0.0645. The second-order valence-electron chi connectivity index (χ2n) is 17.4. The van der Waals surface area contributed by atoms with Crippen LogP contribution in [0.1, 0.15) is 47.6 Å². The van der Waals surface area contributed by atoms with Crippen molar-refractivity contribution in [2.75, 3.05) is 4.90 Å². The Hall–Kier alpha value is -7.52. The molecule has 1 aliphatic rings. The smallest absolute Gasteiger partial charge is 0.0714 e. The molecule has 0 unspecified atom stereocenters. The summed E-state index contributed by atoms with van der Waals surface area (Å²) < 4.78 is 2.60. The molecule has 1 heterocycles. The minimum Gasteiger partial charge on any atom is -0.310 e. The Labute approximate surface area is 379 Å². The van der Waals surface area contributed by atoms with E-state index in [1.54, 1.807) is 0 Å². The van der Waals surface area contributed by atoms with Gasteiger partial charge in [-0.3, -0.25) is 0 Å². The van der Waals surface area contributed by atoms with Crippen LogP contribution >= 0.6 is 11.3 Å². The standard InChI is InChI=1S/C62H45NS/c1-41(2)50-26-16-27-56-61(50)54-37-34-49(40-57(54)62(56,45-20-8-4-9-21-45)46-22-10-5-11-23-46)63(48-35-38-59-55(39-48)53-25-14-15-28-58(53)64-59)47-32-29-43(30-33-47)52-36-31-42-17-12-13-24-51(42)60(52)44-18-6-3-7-19-44/h3-41H,1-2H3. The van der Waals surface area contributed by atoms with E-state index < -0.39 is 5.41 Å². The molecule has 2 heteroatoms. The van der Waals surface area contributed by atoms with Gasteiger partial charge in [-0.1, -0.05) is 196 Å². The predicted octanol–water partition coefficient (Wildman–Crippen LogP) is 17.5. The zero-order chi connectivity index (χ0) is 42.8. The maximum atomic E-state index is 2.50. The lowest BCUT2D eigenvalue weighted by Crippen LogP contribution is -2.28. The molecular formula is C62H45NS. The van der Waals surface area contributed by atoms with Gasteiger partial charge in [0.25, 0.3) is 0 Å². The highest BCUT2D eigenvalue weighted by molar-refractivity contribution is 7.25. The molecule has 0 saturated heterocycles. The van der Waals surface area contributed by atoms with Gasteiger partial charge in [0, 0.05) is 37.2 Å². The van der Waals surface area contributed by atoms with Crippen LogP contribution in [0, 0.1) is 0 Å². The first kappa shape index (κ1) is 38.2. The van der Waals surface area contributed by atoms with Gasteiger partial charge in [-0.2, -0.15) is 0 Å². The predicted molar refractivity (Wildman–Crippen MR) is 274 cm³/mol. The number of rotatable bonds is 8. The van der Waals surface area contributed by atoms with Crippen LogP contribution in [-0.2, 0) is 5.41 Å². The van der Waals surface area contributed by atoms with Gasteiger partial charge in [0.15, 0.2) is 0 Å². The number of fused-ring (bicyclic) bond motifs is 7. The number of thiophene rings is 1. The SMILES string of the molecule is CC(C)c1cccc2c1-c1ccc(N(c3ccc(-c4ccc5ccccc5c4-c4ccccc4)cc3)c3ccc4sc5ccccc5c4c3)cc1C2(c1ccccc1)c1ccccc1. The summed E-state index contributed by atoms with van der Waals surface area (Å²) in [5.41, 5.74) is 16.9. The lowest BCUT2D eigenvalue weighted by atomic mass is 9.67. The minimum atomic E-state index is -0.527. The summed E-state index contributed by atoms with van der Waals surface area (Å²) in [7, 11) is 0. The highest BCUT2D eigenvalue weighted by Gasteiger charge is 2.47. The molecule has 0 bridgehead atoms. The third-order valence-electron chi connectivity index (χ3n) is 13.5. The first-order valence-electron chi connectivity index (χ1n) is 22.4.